The number of aliphatic hydroxyl groups excluding tert-OH is 1. The first kappa shape index (κ1) is 13.1. The number of rotatable bonds is 4. The molecule has 4 nitrogen and oxygen atoms in total. The van der Waals surface area contributed by atoms with Gasteiger partial charge in [0, 0.05) is 16.7 Å². The van der Waals surface area contributed by atoms with E-state index in [9.17, 15) is 10.2 Å². The van der Waals surface area contributed by atoms with Crippen molar-refractivity contribution in [3.8, 4) is 11.5 Å². The summed E-state index contributed by atoms with van der Waals surface area (Å²) in [4.78, 5) is 0. The topological polar surface area (TPSA) is 75.7 Å². The van der Waals surface area contributed by atoms with E-state index in [1.54, 1.807) is 6.92 Å². The fourth-order valence-electron chi connectivity index (χ4n) is 1.60. The lowest BCUT2D eigenvalue weighted by Gasteiger charge is -2.17. The number of hydrogen-bond acceptors (Lipinski definition) is 4. The van der Waals surface area contributed by atoms with Gasteiger partial charge in [-0.25, -0.2) is 0 Å². The molecule has 0 aliphatic heterocycles. The third-order valence-electron chi connectivity index (χ3n) is 2.50. The minimum Gasteiger partial charge on any atom is -0.504 e. The molecule has 0 aromatic heterocycles. The van der Waals surface area contributed by atoms with Crippen LogP contribution in [0.3, 0.4) is 0 Å². The van der Waals surface area contributed by atoms with Gasteiger partial charge in [0.1, 0.15) is 0 Å². The molecule has 0 heterocycles. The zero-order valence-corrected chi connectivity index (χ0v) is 10.1. The van der Waals surface area contributed by atoms with Crippen LogP contribution in [0.15, 0.2) is 6.07 Å². The molecule has 0 saturated carbocycles. The molecule has 1 aromatic rings. The maximum Gasteiger partial charge on any atom is 0.163 e. The summed E-state index contributed by atoms with van der Waals surface area (Å²) >= 11 is 5.98. The lowest BCUT2D eigenvalue weighted by molar-refractivity contribution is 0.165. The van der Waals surface area contributed by atoms with E-state index in [0.717, 1.165) is 0 Å². The van der Waals surface area contributed by atoms with Gasteiger partial charge in [-0.3, -0.25) is 0 Å². The molecule has 0 fully saturated rings. The molecule has 1 atom stereocenters. The van der Waals surface area contributed by atoms with E-state index in [2.05, 4.69) is 0 Å². The Hall–Kier alpha value is -0.970. The minimum absolute atomic E-state index is 0.0784. The number of aromatic hydroxyl groups is 1. The first-order valence-electron chi connectivity index (χ1n) is 4.97. The second-order valence-corrected chi connectivity index (χ2v) is 3.95. The molecule has 4 N–H and O–H groups in total. The molecule has 90 valence electrons. The molecule has 0 radical (unpaired) electrons. The van der Waals surface area contributed by atoms with Gasteiger partial charge in [0.25, 0.3) is 0 Å². The van der Waals surface area contributed by atoms with Crippen LogP contribution in [0.5, 0.6) is 11.5 Å². The Morgan fingerprint density at radius 3 is 2.69 bits per heavy atom. The van der Waals surface area contributed by atoms with E-state index in [-0.39, 0.29) is 11.5 Å². The van der Waals surface area contributed by atoms with Crippen molar-refractivity contribution in [2.24, 2.45) is 5.73 Å². The number of methoxy groups -OCH3 is 1. The zero-order chi connectivity index (χ0) is 12.3. The number of ether oxygens (including phenoxy) is 1. The average Bonchev–Trinajstić information content (AvgIpc) is 2.24. The fourth-order valence-corrected chi connectivity index (χ4v) is 1.80. The quantitative estimate of drug-likeness (QED) is 0.755. The number of nitrogens with two attached hydrogens (primary N) is 1. The molecule has 0 spiro atoms. The highest BCUT2D eigenvalue weighted by Crippen LogP contribution is 2.40. The van der Waals surface area contributed by atoms with Crippen molar-refractivity contribution >= 4 is 11.6 Å². The standard InChI is InChI=1S/C11H16ClNO3/c1-6-7(12)5-9(16-2)11(15)10(6)8(14)3-4-13/h5,8,14-15H,3-4,13H2,1-2H3. The Balaban J connectivity index is 3.29. The van der Waals surface area contributed by atoms with Gasteiger partial charge in [0.2, 0.25) is 0 Å². The number of phenols is 1. The van der Waals surface area contributed by atoms with Crippen LogP contribution in [-0.4, -0.2) is 23.9 Å². The van der Waals surface area contributed by atoms with Crippen molar-refractivity contribution in [2.75, 3.05) is 13.7 Å². The fraction of sp³-hybridized carbons (Fsp3) is 0.455. The van der Waals surface area contributed by atoms with E-state index in [4.69, 9.17) is 22.1 Å². The van der Waals surface area contributed by atoms with E-state index in [1.165, 1.54) is 13.2 Å². The predicted octanol–water partition coefficient (Wildman–Crippen LogP) is 1.74. The smallest absolute Gasteiger partial charge is 0.163 e. The predicted molar refractivity (Wildman–Crippen MR) is 63.0 cm³/mol. The minimum atomic E-state index is -0.836. The van der Waals surface area contributed by atoms with Crippen molar-refractivity contribution < 1.29 is 14.9 Å². The third kappa shape index (κ3) is 2.40. The van der Waals surface area contributed by atoms with Crippen LogP contribution in [0.1, 0.15) is 23.7 Å². The largest absolute Gasteiger partial charge is 0.504 e. The molecule has 5 heteroatoms. The molecular formula is C11H16ClNO3. The number of hydrogen-bond donors (Lipinski definition) is 3. The van der Waals surface area contributed by atoms with Crippen molar-refractivity contribution in [2.45, 2.75) is 19.4 Å². The molecule has 0 saturated heterocycles. The Kier molecular flexibility index (Phi) is 4.41. The van der Waals surface area contributed by atoms with Gasteiger partial charge in [-0.1, -0.05) is 11.6 Å². The molecule has 0 amide bonds. The lowest BCUT2D eigenvalue weighted by atomic mass is 9.99. The van der Waals surface area contributed by atoms with Crippen molar-refractivity contribution in [1.82, 2.24) is 0 Å². The van der Waals surface area contributed by atoms with E-state index < -0.39 is 6.10 Å². The molecule has 0 bridgehead atoms. The van der Waals surface area contributed by atoms with Gasteiger partial charge in [0.05, 0.1) is 13.2 Å². The Morgan fingerprint density at radius 1 is 1.56 bits per heavy atom. The normalized spacial score (nSPS) is 12.6. The SMILES string of the molecule is COc1cc(Cl)c(C)c(C(O)CCN)c1O. The molecule has 0 aliphatic carbocycles. The van der Waals surface area contributed by atoms with Crippen LogP contribution in [0.2, 0.25) is 5.02 Å². The highest BCUT2D eigenvalue weighted by molar-refractivity contribution is 6.31. The summed E-state index contributed by atoms with van der Waals surface area (Å²) in [5.74, 6) is 0.173. The summed E-state index contributed by atoms with van der Waals surface area (Å²) in [5, 5.41) is 20.2. The first-order chi connectivity index (χ1) is 7.52. The summed E-state index contributed by atoms with van der Waals surface area (Å²) in [6, 6.07) is 1.52. The summed E-state index contributed by atoms with van der Waals surface area (Å²) in [6.07, 6.45) is -0.477. The van der Waals surface area contributed by atoms with Gasteiger partial charge in [0.15, 0.2) is 11.5 Å². The van der Waals surface area contributed by atoms with Crippen LogP contribution in [0, 0.1) is 6.92 Å². The molecular weight excluding hydrogens is 230 g/mol. The van der Waals surface area contributed by atoms with Crippen LogP contribution < -0.4 is 10.5 Å². The summed E-state index contributed by atoms with van der Waals surface area (Å²) in [7, 11) is 1.43. The molecule has 1 aromatic carbocycles. The Morgan fingerprint density at radius 2 is 2.19 bits per heavy atom. The van der Waals surface area contributed by atoms with Gasteiger partial charge < -0.3 is 20.7 Å². The van der Waals surface area contributed by atoms with Crippen LogP contribution >= 0.6 is 11.6 Å². The van der Waals surface area contributed by atoms with Gasteiger partial charge in [-0.05, 0) is 25.5 Å². The zero-order valence-electron chi connectivity index (χ0n) is 9.33. The first-order valence-corrected chi connectivity index (χ1v) is 5.34. The average molecular weight is 246 g/mol. The maximum atomic E-state index is 9.91. The Labute approximate surface area is 99.6 Å². The monoisotopic (exact) mass is 245 g/mol. The van der Waals surface area contributed by atoms with E-state index in [0.29, 0.717) is 29.1 Å². The highest BCUT2D eigenvalue weighted by Gasteiger charge is 2.20. The van der Waals surface area contributed by atoms with Crippen LogP contribution in [-0.2, 0) is 0 Å². The molecule has 16 heavy (non-hydrogen) atoms. The summed E-state index contributed by atoms with van der Waals surface area (Å²) < 4.78 is 4.97. The van der Waals surface area contributed by atoms with Crippen molar-refractivity contribution in [1.29, 1.82) is 0 Å². The van der Waals surface area contributed by atoms with E-state index >= 15 is 0 Å². The Bertz CT molecular complexity index is 382. The lowest BCUT2D eigenvalue weighted by Crippen LogP contribution is -2.09. The van der Waals surface area contributed by atoms with Crippen LogP contribution in [0.4, 0.5) is 0 Å². The number of aliphatic hydroxyl groups is 1. The van der Waals surface area contributed by atoms with E-state index in [1.807, 2.05) is 0 Å². The number of benzene rings is 1. The number of phenolic OH excluding ortho intramolecular Hbond substituents is 1. The molecule has 1 rings (SSSR count). The maximum absolute atomic E-state index is 9.91. The van der Waals surface area contributed by atoms with Gasteiger partial charge in [-0.2, -0.15) is 0 Å². The van der Waals surface area contributed by atoms with Crippen molar-refractivity contribution in [3.63, 3.8) is 0 Å². The summed E-state index contributed by atoms with van der Waals surface area (Å²) in [5.41, 5.74) is 6.39. The highest BCUT2D eigenvalue weighted by atomic mass is 35.5. The van der Waals surface area contributed by atoms with Crippen LogP contribution in [0.25, 0.3) is 0 Å². The van der Waals surface area contributed by atoms with Crippen molar-refractivity contribution in [3.05, 3.63) is 22.2 Å². The number of halogens is 1. The second kappa shape index (κ2) is 5.39. The second-order valence-electron chi connectivity index (χ2n) is 3.54. The van der Waals surface area contributed by atoms with Gasteiger partial charge >= 0.3 is 0 Å². The third-order valence-corrected chi connectivity index (χ3v) is 2.89. The molecule has 1 unspecified atom stereocenters. The van der Waals surface area contributed by atoms with Gasteiger partial charge in [-0.15, -0.1) is 0 Å². The summed E-state index contributed by atoms with van der Waals surface area (Å²) in [6.45, 7) is 2.06. The molecule has 0 aliphatic rings.